The van der Waals surface area contributed by atoms with E-state index in [1.165, 1.54) is 11.1 Å². The van der Waals surface area contributed by atoms with E-state index in [0.717, 1.165) is 33.7 Å². The smallest absolute Gasteiger partial charge is 0.328 e. The van der Waals surface area contributed by atoms with Gasteiger partial charge in [0.25, 0.3) is 0 Å². The number of aryl methyl sites for hydroxylation is 3. The van der Waals surface area contributed by atoms with E-state index < -0.39 is 5.97 Å². The Balaban J connectivity index is 2.26. The molecule has 1 N–H and O–H groups in total. The summed E-state index contributed by atoms with van der Waals surface area (Å²) < 4.78 is 1.99. The minimum absolute atomic E-state index is 0.805. The Morgan fingerprint density at radius 1 is 1.27 bits per heavy atom. The van der Waals surface area contributed by atoms with Gasteiger partial charge in [0.15, 0.2) is 4.96 Å². The van der Waals surface area contributed by atoms with E-state index >= 15 is 0 Å². The predicted molar refractivity (Wildman–Crippen MR) is 89.4 cm³/mol. The van der Waals surface area contributed by atoms with Gasteiger partial charge in [0, 0.05) is 22.7 Å². The van der Waals surface area contributed by atoms with Crippen LogP contribution in [0.3, 0.4) is 0 Å². The van der Waals surface area contributed by atoms with Crippen molar-refractivity contribution < 1.29 is 9.90 Å². The van der Waals surface area contributed by atoms with E-state index in [0.29, 0.717) is 0 Å². The van der Waals surface area contributed by atoms with E-state index in [1.807, 2.05) is 22.8 Å². The maximum Gasteiger partial charge on any atom is 0.328 e. The first-order valence-electron chi connectivity index (χ1n) is 6.92. The number of imidazole rings is 1. The van der Waals surface area contributed by atoms with Crippen LogP contribution in [0.4, 0.5) is 0 Å². The summed E-state index contributed by atoms with van der Waals surface area (Å²) >= 11 is 1.56. The van der Waals surface area contributed by atoms with Crippen molar-refractivity contribution in [3.05, 3.63) is 52.2 Å². The Morgan fingerprint density at radius 3 is 2.73 bits per heavy atom. The van der Waals surface area contributed by atoms with E-state index in [4.69, 9.17) is 5.11 Å². The summed E-state index contributed by atoms with van der Waals surface area (Å²) in [6, 6.07) is 6.19. The van der Waals surface area contributed by atoms with E-state index in [9.17, 15) is 4.79 Å². The molecule has 0 amide bonds. The molecular weight excluding hydrogens is 296 g/mol. The quantitative estimate of drug-likeness (QED) is 0.741. The fraction of sp³-hybridized carbons (Fsp3) is 0.176. The second kappa shape index (κ2) is 5.42. The van der Waals surface area contributed by atoms with Crippen molar-refractivity contribution in [3.8, 4) is 11.3 Å². The topological polar surface area (TPSA) is 54.6 Å². The van der Waals surface area contributed by atoms with Gasteiger partial charge in [-0.15, -0.1) is 11.3 Å². The van der Waals surface area contributed by atoms with Crippen LogP contribution >= 0.6 is 11.3 Å². The second-order valence-electron chi connectivity index (χ2n) is 5.31. The molecule has 2 aromatic heterocycles. The molecule has 1 aromatic carbocycles. The third-order valence-electron chi connectivity index (χ3n) is 3.73. The van der Waals surface area contributed by atoms with Crippen LogP contribution in [-0.2, 0) is 4.79 Å². The lowest BCUT2D eigenvalue weighted by molar-refractivity contribution is -0.131. The summed E-state index contributed by atoms with van der Waals surface area (Å²) in [5.41, 5.74) is 6.09. The molecule has 2 heterocycles. The fourth-order valence-electron chi connectivity index (χ4n) is 2.43. The van der Waals surface area contributed by atoms with Crippen molar-refractivity contribution in [3.63, 3.8) is 0 Å². The highest BCUT2D eigenvalue weighted by atomic mass is 32.1. The lowest BCUT2D eigenvalue weighted by Crippen LogP contribution is -1.92. The molecule has 0 spiro atoms. The van der Waals surface area contributed by atoms with E-state index in [1.54, 1.807) is 17.4 Å². The molecule has 0 atom stereocenters. The standard InChI is InChI=1S/C17H16N2O2S/c1-10-4-5-13(8-11(10)2)16-14(6-7-15(20)21)19-12(3)9-22-17(19)18-16/h4-9H,1-3H3,(H,20,21)/b7-6+. The molecule has 3 rings (SSSR count). The van der Waals surface area contributed by atoms with Gasteiger partial charge in [-0.25, -0.2) is 9.78 Å². The molecule has 5 heteroatoms. The maximum absolute atomic E-state index is 10.9. The summed E-state index contributed by atoms with van der Waals surface area (Å²) in [6.45, 7) is 6.13. The van der Waals surface area contributed by atoms with Gasteiger partial charge in [-0.05, 0) is 44.0 Å². The highest BCUT2D eigenvalue weighted by Gasteiger charge is 2.15. The number of carboxylic acids is 1. The third kappa shape index (κ3) is 2.44. The molecule has 0 unspecified atom stereocenters. The molecular formula is C17H16N2O2S. The Bertz CT molecular complexity index is 903. The minimum Gasteiger partial charge on any atom is -0.478 e. The van der Waals surface area contributed by atoms with Crippen molar-refractivity contribution in [1.29, 1.82) is 0 Å². The first kappa shape index (κ1) is 14.5. The highest BCUT2D eigenvalue weighted by molar-refractivity contribution is 7.15. The van der Waals surface area contributed by atoms with Crippen LogP contribution in [-0.4, -0.2) is 20.5 Å². The summed E-state index contributed by atoms with van der Waals surface area (Å²) in [5.74, 6) is -0.964. The zero-order valence-corrected chi connectivity index (χ0v) is 13.4. The monoisotopic (exact) mass is 312 g/mol. The molecule has 4 nitrogen and oxygen atoms in total. The average molecular weight is 312 g/mol. The average Bonchev–Trinajstić information content (AvgIpc) is 3.00. The van der Waals surface area contributed by atoms with Crippen molar-refractivity contribution >= 4 is 28.3 Å². The first-order valence-corrected chi connectivity index (χ1v) is 7.80. The number of carboxylic acid groups (broad SMARTS) is 1. The molecule has 0 saturated heterocycles. The minimum atomic E-state index is -0.964. The van der Waals surface area contributed by atoms with Crippen molar-refractivity contribution in [2.24, 2.45) is 0 Å². The molecule has 112 valence electrons. The summed E-state index contributed by atoms with van der Waals surface area (Å²) in [4.78, 5) is 16.4. The summed E-state index contributed by atoms with van der Waals surface area (Å²) in [5, 5.41) is 11.0. The van der Waals surface area contributed by atoms with Gasteiger partial charge in [-0.1, -0.05) is 12.1 Å². The lowest BCUT2D eigenvalue weighted by Gasteiger charge is -2.05. The van der Waals surface area contributed by atoms with Crippen molar-refractivity contribution in [2.45, 2.75) is 20.8 Å². The number of carbonyl (C=O) groups is 1. The van der Waals surface area contributed by atoms with Gasteiger partial charge >= 0.3 is 5.97 Å². The third-order valence-corrected chi connectivity index (χ3v) is 4.68. The Hall–Kier alpha value is -2.40. The molecule has 0 radical (unpaired) electrons. The zero-order valence-electron chi connectivity index (χ0n) is 12.6. The largest absolute Gasteiger partial charge is 0.478 e. The second-order valence-corrected chi connectivity index (χ2v) is 6.15. The van der Waals surface area contributed by atoms with Gasteiger partial charge in [0.2, 0.25) is 0 Å². The van der Waals surface area contributed by atoms with E-state index in [-0.39, 0.29) is 0 Å². The van der Waals surface area contributed by atoms with Crippen LogP contribution in [0.5, 0.6) is 0 Å². The van der Waals surface area contributed by atoms with Crippen molar-refractivity contribution in [1.82, 2.24) is 9.38 Å². The normalized spacial score (nSPS) is 11.6. The van der Waals surface area contributed by atoms with Crippen LogP contribution in [0, 0.1) is 20.8 Å². The SMILES string of the molecule is Cc1ccc(-c2nc3scc(C)n3c2/C=C/C(=O)O)cc1C. The van der Waals surface area contributed by atoms with Crippen molar-refractivity contribution in [2.75, 3.05) is 0 Å². The number of fused-ring (bicyclic) bond motifs is 1. The Labute approximate surface area is 132 Å². The number of hydrogen-bond acceptors (Lipinski definition) is 3. The van der Waals surface area contributed by atoms with Crippen LogP contribution in [0.25, 0.3) is 22.3 Å². The Kier molecular flexibility index (Phi) is 3.58. The van der Waals surface area contributed by atoms with Gasteiger partial charge < -0.3 is 5.11 Å². The number of rotatable bonds is 3. The summed E-state index contributed by atoms with van der Waals surface area (Å²) in [6.07, 6.45) is 2.78. The van der Waals surface area contributed by atoms with Crippen LogP contribution in [0.1, 0.15) is 22.5 Å². The molecule has 0 bridgehead atoms. The molecule has 3 aromatic rings. The van der Waals surface area contributed by atoms with Gasteiger partial charge in [-0.2, -0.15) is 0 Å². The number of aliphatic carboxylic acids is 1. The number of benzene rings is 1. The number of nitrogens with zero attached hydrogens (tertiary/aromatic N) is 2. The van der Waals surface area contributed by atoms with Gasteiger partial charge in [-0.3, -0.25) is 4.40 Å². The molecule has 0 aliphatic heterocycles. The molecule has 0 saturated carbocycles. The number of thiazole rings is 1. The zero-order chi connectivity index (χ0) is 15.9. The summed E-state index contributed by atoms with van der Waals surface area (Å²) in [7, 11) is 0. The van der Waals surface area contributed by atoms with E-state index in [2.05, 4.69) is 31.0 Å². The van der Waals surface area contributed by atoms with Crippen LogP contribution in [0.15, 0.2) is 29.7 Å². The highest BCUT2D eigenvalue weighted by Crippen LogP contribution is 2.30. The number of hydrogen-bond donors (Lipinski definition) is 1. The van der Waals surface area contributed by atoms with Gasteiger partial charge in [0.05, 0.1) is 11.4 Å². The molecule has 0 aliphatic carbocycles. The Morgan fingerprint density at radius 2 is 2.05 bits per heavy atom. The maximum atomic E-state index is 10.9. The van der Waals surface area contributed by atoms with Crippen LogP contribution in [0.2, 0.25) is 0 Å². The fourth-order valence-corrected chi connectivity index (χ4v) is 3.30. The number of aromatic nitrogens is 2. The molecule has 0 fully saturated rings. The molecule has 22 heavy (non-hydrogen) atoms. The predicted octanol–water partition coefficient (Wildman–Crippen LogP) is 4.09. The van der Waals surface area contributed by atoms with Gasteiger partial charge in [0.1, 0.15) is 0 Å². The molecule has 0 aliphatic rings. The first-order chi connectivity index (χ1) is 10.5. The van der Waals surface area contributed by atoms with Crippen LogP contribution < -0.4 is 0 Å². The lowest BCUT2D eigenvalue weighted by atomic mass is 10.0.